The number of aromatic nitrogens is 1. The summed E-state index contributed by atoms with van der Waals surface area (Å²) in [4.78, 5) is 22.3. The van der Waals surface area contributed by atoms with E-state index in [1.165, 1.54) is 0 Å². The molecule has 2 aromatic carbocycles. The van der Waals surface area contributed by atoms with Crippen molar-refractivity contribution in [3.63, 3.8) is 0 Å². The van der Waals surface area contributed by atoms with Crippen molar-refractivity contribution < 1.29 is 19.0 Å². The van der Waals surface area contributed by atoms with Gasteiger partial charge in [0.25, 0.3) is 5.91 Å². The first-order valence-electron chi connectivity index (χ1n) is 12.9. The van der Waals surface area contributed by atoms with Crippen LogP contribution in [0.4, 0.5) is 0 Å². The van der Waals surface area contributed by atoms with Crippen molar-refractivity contribution in [3.8, 4) is 11.5 Å². The molecule has 7 nitrogen and oxygen atoms in total. The van der Waals surface area contributed by atoms with E-state index in [4.69, 9.17) is 14.2 Å². The third kappa shape index (κ3) is 5.79. The fourth-order valence-electron chi connectivity index (χ4n) is 4.94. The highest BCUT2D eigenvalue weighted by Gasteiger charge is 2.31. The minimum Gasteiger partial charge on any atom is -0.490 e. The molecule has 1 amide bonds. The summed E-state index contributed by atoms with van der Waals surface area (Å²) in [5, 5.41) is 1.08. The maximum atomic E-state index is 13.7. The van der Waals surface area contributed by atoms with Crippen molar-refractivity contribution in [2.75, 3.05) is 39.5 Å². The van der Waals surface area contributed by atoms with Gasteiger partial charge in [0.05, 0.1) is 25.3 Å². The number of fused-ring (bicyclic) bond motifs is 2. The van der Waals surface area contributed by atoms with Crippen LogP contribution < -0.4 is 9.47 Å². The Morgan fingerprint density at radius 2 is 2.00 bits per heavy atom. The summed E-state index contributed by atoms with van der Waals surface area (Å²) in [6.45, 7) is 9.40. The quantitative estimate of drug-likeness (QED) is 0.494. The van der Waals surface area contributed by atoms with E-state index in [0.717, 1.165) is 46.5 Å². The minimum absolute atomic E-state index is 0.0474. The van der Waals surface area contributed by atoms with Gasteiger partial charge < -0.3 is 19.1 Å². The van der Waals surface area contributed by atoms with E-state index in [0.29, 0.717) is 51.9 Å². The number of morpholine rings is 1. The van der Waals surface area contributed by atoms with Gasteiger partial charge in [-0.05, 0) is 35.7 Å². The van der Waals surface area contributed by atoms with E-state index in [9.17, 15) is 4.79 Å². The van der Waals surface area contributed by atoms with Crippen LogP contribution in [-0.2, 0) is 22.6 Å². The molecule has 190 valence electrons. The molecule has 1 saturated heterocycles. The summed E-state index contributed by atoms with van der Waals surface area (Å²) in [5.41, 5.74) is 3.15. The van der Waals surface area contributed by atoms with Crippen LogP contribution in [-0.4, -0.2) is 66.2 Å². The first-order valence-corrected chi connectivity index (χ1v) is 12.9. The molecule has 36 heavy (non-hydrogen) atoms. The minimum atomic E-state index is -0.487. The van der Waals surface area contributed by atoms with Crippen molar-refractivity contribution >= 4 is 16.8 Å². The molecular weight excluding hydrogens is 454 g/mol. The Kier molecular flexibility index (Phi) is 7.68. The number of benzene rings is 2. The predicted octanol–water partition coefficient (Wildman–Crippen LogP) is 4.28. The molecule has 3 aromatic rings. The molecule has 0 radical (unpaired) electrons. The van der Waals surface area contributed by atoms with Gasteiger partial charge in [0.2, 0.25) is 0 Å². The van der Waals surface area contributed by atoms with Crippen LogP contribution in [0.5, 0.6) is 11.5 Å². The van der Waals surface area contributed by atoms with Crippen molar-refractivity contribution in [1.82, 2.24) is 14.8 Å². The second-order valence-corrected chi connectivity index (χ2v) is 10.0. The second kappa shape index (κ2) is 11.3. The average molecular weight is 490 g/mol. The molecule has 0 unspecified atom stereocenters. The first-order chi connectivity index (χ1) is 17.6. The van der Waals surface area contributed by atoms with Gasteiger partial charge >= 0.3 is 0 Å². The molecule has 0 N–H and O–H groups in total. The van der Waals surface area contributed by atoms with Gasteiger partial charge in [-0.3, -0.25) is 14.7 Å². The Labute approximate surface area is 213 Å². The third-order valence-electron chi connectivity index (χ3n) is 6.61. The number of pyridine rings is 1. The zero-order chi connectivity index (χ0) is 24.9. The van der Waals surface area contributed by atoms with E-state index in [2.05, 4.69) is 48.0 Å². The summed E-state index contributed by atoms with van der Waals surface area (Å²) >= 11 is 0. The van der Waals surface area contributed by atoms with Crippen molar-refractivity contribution in [1.29, 1.82) is 0 Å². The van der Waals surface area contributed by atoms with Gasteiger partial charge in [0.1, 0.15) is 6.10 Å². The normalized spacial score (nSPS) is 18.2. The molecule has 2 aliphatic rings. The van der Waals surface area contributed by atoms with Crippen LogP contribution in [0.15, 0.2) is 54.7 Å². The fourth-order valence-corrected chi connectivity index (χ4v) is 4.94. The van der Waals surface area contributed by atoms with Crippen LogP contribution in [0.1, 0.15) is 31.4 Å². The van der Waals surface area contributed by atoms with Gasteiger partial charge in [-0.1, -0.05) is 38.1 Å². The molecule has 5 rings (SSSR count). The number of carbonyl (C=O) groups excluding carboxylic acids is 1. The summed E-state index contributed by atoms with van der Waals surface area (Å²) in [7, 11) is 0. The summed E-state index contributed by atoms with van der Waals surface area (Å²) in [6.07, 6.45) is 2.19. The molecular formula is C29H35N3O4. The van der Waals surface area contributed by atoms with Crippen molar-refractivity contribution in [3.05, 3.63) is 65.9 Å². The highest BCUT2D eigenvalue weighted by atomic mass is 16.5. The lowest BCUT2D eigenvalue weighted by atomic mass is 10.1. The number of para-hydroxylation sites is 1. The Morgan fingerprint density at radius 3 is 2.89 bits per heavy atom. The summed E-state index contributed by atoms with van der Waals surface area (Å²) in [6, 6.07) is 16.3. The monoisotopic (exact) mass is 489 g/mol. The van der Waals surface area contributed by atoms with Gasteiger partial charge in [0, 0.05) is 56.3 Å². The summed E-state index contributed by atoms with van der Waals surface area (Å²) < 4.78 is 17.9. The lowest BCUT2D eigenvalue weighted by Crippen LogP contribution is -2.51. The van der Waals surface area contributed by atoms with Gasteiger partial charge in [-0.2, -0.15) is 0 Å². The zero-order valence-corrected chi connectivity index (χ0v) is 21.2. The predicted molar refractivity (Wildman–Crippen MR) is 139 cm³/mol. The largest absolute Gasteiger partial charge is 0.490 e. The highest BCUT2D eigenvalue weighted by molar-refractivity contribution is 5.82. The Balaban J connectivity index is 1.29. The lowest BCUT2D eigenvalue weighted by molar-refractivity contribution is -0.151. The maximum Gasteiger partial charge on any atom is 0.253 e. The smallest absolute Gasteiger partial charge is 0.253 e. The van der Waals surface area contributed by atoms with E-state index >= 15 is 0 Å². The number of nitrogens with zero attached hydrogens (tertiary/aromatic N) is 3. The SMILES string of the molecule is CC(C)CN(Cc1ccc2ncccc2c1)C(=O)[C@H]1CN(Cc2cccc3c2OCCCO3)CCO1. The lowest BCUT2D eigenvalue weighted by Gasteiger charge is -2.36. The molecule has 3 heterocycles. The van der Waals surface area contributed by atoms with Crippen LogP contribution in [0.2, 0.25) is 0 Å². The number of amides is 1. The third-order valence-corrected chi connectivity index (χ3v) is 6.61. The maximum absolute atomic E-state index is 13.7. The number of carbonyl (C=O) groups is 1. The molecule has 7 heteroatoms. The number of ether oxygens (including phenoxy) is 3. The second-order valence-electron chi connectivity index (χ2n) is 10.0. The molecule has 2 aliphatic heterocycles. The average Bonchev–Trinajstić information content (AvgIpc) is 3.14. The molecule has 0 saturated carbocycles. The van der Waals surface area contributed by atoms with Gasteiger partial charge in [0.15, 0.2) is 11.5 Å². The first kappa shape index (κ1) is 24.5. The number of hydrogen-bond donors (Lipinski definition) is 0. The van der Waals surface area contributed by atoms with E-state index in [1.807, 2.05) is 29.2 Å². The molecule has 1 fully saturated rings. The summed E-state index contributed by atoms with van der Waals surface area (Å²) in [5.74, 6) is 2.04. The standard InChI is InChI=1S/C29H35N3O4/c1-21(2)17-32(18-22-9-10-25-23(16-22)7-4-11-30-25)29(33)27-20-31(12-15-35-27)19-24-6-3-8-26-28(24)36-14-5-13-34-26/h3-4,6-11,16,21,27H,5,12-15,17-20H2,1-2H3/t27-/m1/s1. The Bertz CT molecular complexity index is 1200. The molecule has 0 spiro atoms. The molecule has 0 aliphatic carbocycles. The van der Waals surface area contributed by atoms with E-state index in [-0.39, 0.29) is 5.91 Å². The van der Waals surface area contributed by atoms with Crippen LogP contribution >= 0.6 is 0 Å². The van der Waals surface area contributed by atoms with Crippen molar-refractivity contribution in [2.45, 2.75) is 39.5 Å². The number of hydrogen-bond acceptors (Lipinski definition) is 6. The fraction of sp³-hybridized carbons (Fsp3) is 0.448. The Hall–Kier alpha value is -3.16. The van der Waals surface area contributed by atoms with Gasteiger partial charge in [-0.15, -0.1) is 0 Å². The van der Waals surface area contributed by atoms with Crippen LogP contribution in [0.3, 0.4) is 0 Å². The highest BCUT2D eigenvalue weighted by Crippen LogP contribution is 2.34. The van der Waals surface area contributed by atoms with Crippen LogP contribution in [0.25, 0.3) is 10.9 Å². The molecule has 1 aromatic heterocycles. The zero-order valence-electron chi connectivity index (χ0n) is 21.2. The number of rotatable bonds is 7. The topological polar surface area (TPSA) is 64.1 Å². The van der Waals surface area contributed by atoms with Crippen LogP contribution in [0, 0.1) is 5.92 Å². The molecule has 1 atom stereocenters. The van der Waals surface area contributed by atoms with Gasteiger partial charge in [-0.25, -0.2) is 0 Å². The molecule has 0 bridgehead atoms. The van der Waals surface area contributed by atoms with E-state index in [1.54, 1.807) is 6.20 Å². The van der Waals surface area contributed by atoms with Crippen molar-refractivity contribution in [2.24, 2.45) is 5.92 Å². The Morgan fingerprint density at radius 1 is 1.11 bits per heavy atom. The van der Waals surface area contributed by atoms with E-state index < -0.39 is 6.10 Å².